The molecule has 0 aliphatic carbocycles. The molecule has 6 nitrogen and oxygen atoms in total. The second-order valence-electron chi connectivity index (χ2n) is 5.20. The summed E-state index contributed by atoms with van der Waals surface area (Å²) in [6.07, 6.45) is 2.44. The van der Waals surface area contributed by atoms with Crippen LogP contribution in [0.5, 0.6) is 0 Å². The molecule has 1 fully saturated rings. The maximum atomic E-state index is 12.0. The molecular formula is C17H21NO5. The molecule has 0 bridgehead atoms. The zero-order valence-corrected chi connectivity index (χ0v) is 13.2. The molecule has 23 heavy (non-hydrogen) atoms. The van der Waals surface area contributed by atoms with Crippen molar-refractivity contribution >= 4 is 12.1 Å². The quantitative estimate of drug-likeness (QED) is 0.474. The van der Waals surface area contributed by atoms with Crippen molar-refractivity contribution in [3.63, 3.8) is 0 Å². The lowest BCUT2D eigenvalue weighted by Crippen LogP contribution is -2.36. The number of hydrogen-bond donors (Lipinski definition) is 0. The van der Waals surface area contributed by atoms with Gasteiger partial charge in [-0.25, -0.2) is 9.59 Å². The molecule has 0 unspecified atom stereocenters. The lowest BCUT2D eigenvalue weighted by atomic mass is 10.0. The maximum absolute atomic E-state index is 12.0. The zero-order chi connectivity index (χ0) is 16.5. The van der Waals surface area contributed by atoms with E-state index in [1.165, 1.54) is 13.2 Å². The van der Waals surface area contributed by atoms with Crippen molar-refractivity contribution in [1.82, 2.24) is 4.90 Å². The Morgan fingerprint density at radius 2 is 1.83 bits per heavy atom. The van der Waals surface area contributed by atoms with Gasteiger partial charge in [0.2, 0.25) is 0 Å². The Balaban J connectivity index is 1.74. The molecule has 0 saturated carbocycles. The van der Waals surface area contributed by atoms with Crippen LogP contribution in [-0.4, -0.2) is 44.0 Å². The topological polar surface area (TPSA) is 65.1 Å². The zero-order valence-electron chi connectivity index (χ0n) is 13.2. The molecule has 1 heterocycles. The lowest BCUT2D eigenvalue weighted by Gasteiger charge is -2.27. The number of nitrogens with zero attached hydrogens (tertiary/aromatic N) is 1. The molecule has 1 saturated heterocycles. The Hall–Kier alpha value is -2.34. The van der Waals surface area contributed by atoms with Gasteiger partial charge in [-0.3, -0.25) is 0 Å². The second kappa shape index (κ2) is 8.95. The third-order valence-corrected chi connectivity index (χ3v) is 3.51. The van der Waals surface area contributed by atoms with Gasteiger partial charge in [0.05, 0.1) is 0 Å². The van der Waals surface area contributed by atoms with E-state index in [1.54, 1.807) is 4.90 Å². The number of likely N-dealkylation sites (tertiary alicyclic amines) is 1. The highest BCUT2D eigenvalue weighted by atomic mass is 16.7. The van der Waals surface area contributed by atoms with Crippen LogP contribution in [-0.2, 0) is 25.6 Å². The number of benzene rings is 1. The molecule has 1 aromatic carbocycles. The predicted molar refractivity (Wildman–Crippen MR) is 83.5 cm³/mol. The van der Waals surface area contributed by atoms with Gasteiger partial charge in [0.25, 0.3) is 0 Å². The average Bonchev–Trinajstić information content (AvgIpc) is 2.59. The van der Waals surface area contributed by atoms with E-state index in [0.29, 0.717) is 25.9 Å². The van der Waals surface area contributed by atoms with Gasteiger partial charge in [0.1, 0.15) is 6.61 Å². The smallest absolute Gasteiger partial charge is 0.410 e. The first-order valence-electron chi connectivity index (χ1n) is 7.50. The summed E-state index contributed by atoms with van der Waals surface area (Å²) in [4.78, 5) is 25.1. The molecule has 1 aliphatic heterocycles. The van der Waals surface area contributed by atoms with Crippen LogP contribution >= 0.6 is 0 Å². The van der Waals surface area contributed by atoms with Crippen molar-refractivity contribution in [2.24, 2.45) is 0 Å². The van der Waals surface area contributed by atoms with Crippen molar-refractivity contribution in [3.05, 3.63) is 47.5 Å². The number of methoxy groups -OCH3 is 1. The molecule has 0 aromatic heterocycles. The summed E-state index contributed by atoms with van der Waals surface area (Å²) in [6, 6.07) is 9.56. The van der Waals surface area contributed by atoms with Gasteiger partial charge in [0.15, 0.2) is 6.79 Å². The van der Waals surface area contributed by atoms with E-state index in [4.69, 9.17) is 9.47 Å². The number of carbonyl (C=O) groups is 2. The van der Waals surface area contributed by atoms with Gasteiger partial charge in [-0.2, -0.15) is 0 Å². The van der Waals surface area contributed by atoms with Gasteiger partial charge in [-0.1, -0.05) is 35.9 Å². The van der Waals surface area contributed by atoms with Gasteiger partial charge in [-0.05, 0) is 18.4 Å². The number of ether oxygens (including phenoxy) is 3. The molecule has 2 rings (SSSR count). The van der Waals surface area contributed by atoms with Gasteiger partial charge in [-0.15, -0.1) is 0 Å². The van der Waals surface area contributed by atoms with Gasteiger partial charge < -0.3 is 19.1 Å². The molecule has 0 spiro atoms. The Morgan fingerprint density at radius 3 is 2.48 bits per heavy atom. The van der Waals surface area contributed by atoms with Crippen molar-refractivity contribution in [2.45, 2.75) is 19.4 Å². The number of amides is 1. The largest absolute Gasteiger partial charge is 0.445 e. The van der Waals surface area contributed by atoms with Gasteiger partial charge >= 0.3 is 12.1 Å². The Morgan fingerprint density at radius 1 is 1.13 bits per heavy atom. The van der Waals surface area contributed by atoms with Crippen LogP contribution in [0.1, 0.15) is 18.4 Å². The minimum Gasteiger partial charge on any atom is -0.445 e. The van der Waals surface area contributed by atoms with E-state index in [9.17, 15) is 9.59 Å². The van der Waals surface area contributed by atoms with Crippen molar-refractivity contribution in [1.29, 1.82) is 0 Å². The first kappa shape index (κ1) is 17.0. The van der Waals surface area contributed by atoms with Crippen molar-refractivity contribution in [2.75, 3.05) is 27.0 Å². The first-order chi connectivity index (χ1) is 11.2. The normalized spacial score (nSPS) is 14.3. The van der Waals surface area contributed by atoms with E-state index in [1.807, 2.05) is 30.3 Å². The van der Waals surface area contributed by atoms with Crippen LogP contribution in [0.15, 0.2) is 42.0 Å². The second-order valence-corrected chi connectivity index (χ2v) is 5.20. The average molecular weight is 319 g/mol. The van der Waals surface area contributed by atoms with Crippen LogP contribution in [0.2, 0.25) is 0 Å². The summed E-state index contributed by atoms with van der Waals surface area (Å²) >= 11 is 0. The van der Waals surface area contributed by atoms with E-state index in [0.717, 1.165) is 11.1 Å². The number of hydrogen-bond acceptors (Lipinski definition) is 5. The van der Waals surface area contributed by atoms with Crippen LogP contribution in [0.4, 0.5) is 4.79 Å². The fourth-order valence-corrected chi connectivity index (χ4v) is 2.26. The number of rotatable bonds is 5. The first-order valence-corrected chi connectivity index (χ1v) is 7.50. The minimum atomic E-state index is -0.415. The molecule has 124 valence electrons. The highest BCUT2D eigenvalue weighted by molar-refractivity contribution is 5.82. The Kier molecular flexibility index (Phi) is 6.62. The summed E-state index contributed by atoms with van der Waals surface area (Å²) in [5, 5.41) is 0. The summed E-state index contributed by atoms with van der Waals surface area (Å²) < 4.78 is 14.8. The van der Waals surface area contributed by atoms with E-state index in [-0.39, 0.29) is 19.5 Å². The lowest BCUT2D eigenvalue weighted by molar-refractivity contribution is -0.148. The number of carbonyl (C=O) groups excluding carboxylic acids is 2. The van der Waals surface area contributed by atoms with Crippen LogP contribution in [0, 0.1) is 0 Å². The summed E-state index contributed by atoms with van der Waals surface area (Å²) in [6.45, 7) is 1.29. The molecular weight excluding hydrogens is 298 g/mol. The molecule has 0 radical (unpaired) electrons. The standard InChI is InChI=1S/C17H21NO5/c1-21-13-23-16(19)11-14-7-9-18(10-8-14)17(20)22-12-15-5-3-2-4-6-15/h2-6,11H,7-10,12-13H2,1H3. The Labute approximate surface area is 135 Å². The molecule has 6 heteroatoms. The van der Waals surface area contributed by atoms with Gasteiger partial charge in [0, 0.05) is 26.3 Å². The molecule has 1 aliphatic rings. The van der Waals surface area contributed by atoms with E-state index >= 15 is 0 Å². The molecule has 0 atom stereocenters. The number of piperidine rings is 1. The van der Waals surface area contributed by atoms with E-state index < -0.39 is 5.97 Å². The van der Waals surface area contributed by atoms with Crippen molar-refractivity contribution < 1.29 is 23.8 Å². The molecule has 0 N–H and O–H groups in total. The van der Waals surface area contributed by atoms with Crippen LogP contribution in [0.25, 0.3) is 0 Å². The predicted octanol–water partition coefficient (Wildman–Crippen LogP) is 2.49. The summed E-state index contributed by atoms with van der Waals surface area (Å²) in [5.74, 6) is -0.415. The van der Waals surface area contributed by atoms with Crippen LogP contribution in [0.3, 0.4) is 0 Å². The highest BCUT2D eigenvalue weighted by Crippen LogP contribution is 2.17. The minimum absolute atomic E-state index is 0.0550. The third kappa shape index (κ3) is 5.75. The van der Waals surface area contributed by atoms with Crippen LogP contribution < -0.4 is 0 Å². The maximum Gasteiger partial charge on any atom is 0.410 e. The SMILES string of the molecule is COCOC(=O)C=C1CCN(C(=O)OCc2ccccc2)CC1. The monoisotopic (exact) mass is 319 g/mol. The fraction of sp³-hybridized carbons (Fsp3) is 0.412. The highest BCUT2D eigenvalue weighted by Gasteiger charge is 2.20. The van der Waals surface area contributed by atoms with E-state index in [2.05, 4.69) is 4.74 Å². The molecule has 1 amide bonds. The summed E-state index contributed by atoms with van der Waals surface area (Å²) in [7, 11) is 1.46. The summed E-state index contributed by atoms with van der Waals surface area (Å²) in [5.41, 5.74) is 1.93. The molecule has 1 aromatic rings. The van der Waals surface area contributed by atoms with Crippen molar-refractivity contribution in [3.8, 4) is 0 Å². The third-order valence-electron chi connectivity index (χ3n) is 3.51. The fourth-order valence-electron chi connectivity index (χ4n) is 2.26. The Bertz CT molecular complexity index is 545. The number of esters is 1.